The van der Waals surface area contributed by atoms with Crippen molar-refractivity contribution in [3.8, 4) is 0 Å². The molecule has 0 saturated heterocycles. The predicted octanol–water partition coefficient (Wildman–Crippen LogP) is 3.63. The van der Waals surface area contributed by atoms with Crippen LogP contribution in [0.5, 0.6) is 0 Å². The van der Waals surface area contributed by atoms with E-state index in [-0.39, 0.29) is 0 Å². The molecule has 3 saturated carbocycles. The second kappa shape index (κ2) is 2.65. The summed E-state index contributed by atoms with van der Waals surface area (Å²) in [6, 6.07) is 0. The van der Waals surface area contributed by atoms with Crippen LogP contribution in [-0.2, 0) is 0 Å². The molecule has 0 nitrogen and oxygen atoms in total. The third kappa shape index (κ3) is 0.857. The Kier molecular flexibility index (Phi) is 1.51. The SMILES string of the molecule is C1=CC2C3C1C3[C@H]1CCCCCC[C@H]21. The maximum atomic E-state index is 2.58. The van der Waals surface area contributed by atoms with Crippen LogP contribution in [0, 0.1) is 35.5 Å². The van der Waals surface area contributed by atoms with Gasteiger partial charge in [-0.15, -0.1) is 0 Å². The van der Waals surface area contributed by atoms with Crippen molar-refractivity contribution < 1.29 is 0 Å². The molecule has 6 atom stereocenters. The molecule has 0 N–H and O–H groups in total. The van der Waals surface area contributed by atoms with Crippen molar-refractivity contribution in [1.82, 2.24) is 0 Å². The summed E-state index contributed by atoms with van der Waals surface area (Å²) in [5.74, 6) is 6.65. The number of hydrogen-bond donors (Lipinski definition) is 0. The van der Waals surface area contributed by atoms with Crippen molar-refractivity contribution in [3.63, 3.8) is 0 Å². The van der Waals surface area contributed by atoms with Crippen molar-refractivity contribution in [3.05, 3.63) is 12.2 Å². The number of hydrogen-bond acceptors (Lipinski definition) is 0. The molecule has 0 radical (unpaired) electrons. The van der Waals surface area contributed by atoms with Gasteiger partial charge in [0.25, 0.3) is 0 Å². The van der Waals surface area contributed by atoms with Crippen LogP contribution in [0.1, 0.15) is 38.5 Å². The van der Waals surface area contributed by atoms with Gasteiger partial charge < -0.3 is 0 Å². The van der Waals surface area contributed by atoms with E-state index < -0.39 is 0 Å². The lowest BCUT2D eigenvalue weighted by molar-refractivity contribution is 0.231. The molecule has 0 heteroatoms. The van der Waals surface area contributed by atoms with Crippen LogP contribution in [-0.4, -0.2) is 0 Å². The second-order valence-electron chi connectivity index (χ2n) is 6.01. The molecule has 76 valence electrons. The summed E-state index contributed by atoms with van der Waals surface area (Å²) in [5.41, 5.74) is 0. The third-order valence-corrected chi connectivity index (χ3v) is 5.56. The van der Waals surface area contributed by atoms with Gasteiger partial charge in [-0.2, -0.15) is 0 Å². The average Bonchev–Trinajstić information content (AvgIpc) is 2.59. The molecule has 0 aromatic heterocycles. The fraction of sp³-hybridized carbons (Fsp3) is 0.857. The van der Waals surface area contributed by atoms with Gasteiger partial charge in [0.2, 0.25) is 0 Å². The molecule has 4 rings (SSSR count). The molecule has 4 aliphatic carbocycles. The topological polar surface area (TPSA) is 0 Å². The first kappa shape index (κ1) is 7.96. The zero-order valence-electron chi connectivity index (χ0n) is 8.86. The summed E-state index contributed by atoms with van der Waals surface area (Å²) in [6.07, 6.45) is 14.4. The van der Waals surface area contributed by atoms with Gasteiger partial charge in [-0.1, -0.05) is 37.8 Å². The minimum absolute atomic E-state index is 1.04. The first-order chi connectivity index (χ1) is 6.97. The Bertz CT molecular complexity index is 278. The van der Waals surface area contributed by atoms with Gasteiger partial charge in [-0.05, 0) is 48.3 Å². The van der Waals surface area contributed by atoms with Crippen LogP contribution in [0.4, 0.5) is 0 Å². The first-order valence-electron chi connectivity index (χ1n) is 6.65. The van der Waals surface area contributed by atoms with Crippen molar-refractivity contribution >= 4 is 0 Å². The van der Waals surface area contributed by atoms with Crippen molar-refractivity contribution in [2.24, 2.45) is 35.5 Å². The summed E-state index contributed by atoms with van der Waals surface area (Å²) < 4.78 is 0. The minimum atomic E-state index is 1.04. The monoisotopic (exact) mass is 188 g/mol. The molecule has 0 bridgehead atoms. The zero-order valence-corrected chi connectivity index (χ0v) is 8.86. The Labute approximate surface area is 86.8 Å². The molecular formula is C14H20. The zero-order chi connectivity index (χ0) is 9.12. The first-order valence-corrected chi connectivity index (χ1v) is 6.65. The molecule has 0 heterocycles. The van der Waals surface area contributed by atoms with Crippen LogP contribution in [0.15, 0.2) is 12.2 Å². The average molecular weight is 188 g/mol. The van der Waals surface area contributed by atoms with Crippen molar-refractivity contribution in [1.29, 1.82) is 0 Å². The molecule has 4 unspecified atom stereocenters. The molecule has 14 heavy (non-hydrogen) atoms. The summed E-state index contributed by atoms with van der Waals surface area (Å²) >= 11 is 0. The van der Waals surface area contributed by atoms with Gasteiger partial charge in [0, 0.05) is 0 Å². The Morgan fingerprint density at radius 3 is 2.21 bits per heavy atom. The molecule has 0 aromatic carbocycles. The normalized spacial score (nSPS) is 58.9. The number of fused-ring (bicyclic) bond motifs is 4. The fourth-order valence-electron chi connectivity index (χ4n) is 5.04. The Morgan fingerprint density at radius 2 is 1.36 bits per heavy atom. The molecule has 0 aliphatic heterocycles. The fourth-order valence-corrected chi connectivity index (χ4v) is 5.04. The van der Waals surface area contributed by atoms with Gasteiger partial charge >= 0.3 is 0 Å². The molecule has 3 fully saturated rings. The van der Waals surface area contributed by atoms with E-state index in [1.54, 1.807) is 12.8 Å². The maximum Gasteiger partial charge on any atom is -0.0162 e. The van der Waals surface area contributed by atoms with E-state index in [2.05, 4.69) is 12.2 Å². The van der Waals surface area contributed by atoms with Crippen LogP contribution in [0.3, 0.4) is 0 Å². The van der Waals surface area contributed by atoms with E-state index in [0.29, 0.717) is 0 Å². The minimum Gasteiger partial charge on any atom is -0.0845 e. The lowest BCUT2D eigenvalue weighted by Crippen LogP contribution is -2.19. The second-order valence-corrected chi connectivity index (χ2v) is 6.01. The van der Waals surface area contributed by atoms with E-state index in [9.17, 15) is 0 Å². The predicted molar refractivity (Wildman–Crippen MR) is 57.8 cm³/mol. The van der Waals surface area contributed by atoms with Crippen LogP contribution >= 0.6 is 0 Å². The third-order valence-electron chi connectivity index (χ3n) is 5.56. The van der Waals surface area contributed by atoms with Crippen molar-refractivity contribution in [2.75, 3.05) is 0 Å². The van der Waals surface area contributed by atoms with E-state index in [0.717, 1.165) is 35.5 Å². The highest BCUT2D eigenvalue weighted by Crippen LogP contribution is 2.71. The molecule has 0 spiro atoms. The molecule has 0 amide bonds. The van der Waals surface area contributed by atoms with Crippen LogP contribution in [0.2, 0.25) is 0 Å². The molecule has 0 aromatic rings. The smallest absolute Gasteiger partial charge is 0.0162 e. The summed E-state index contributed by atoms with van der Waals surface area (Å²) in [7, 11) is 0. The van der Waals surface area contributed by atoms with Gasteiger partial charge in [0.15, 0.2) is 0 Å². The molecule has 4 aliphatic rings. The standard InChI is InChI=1S/C14H20/c1-2-4-6-10-9(5-3-1)11-7-8-12-13(10)14(11)12/h7-14H,1-6H2/t9-,10-,11?,12?,13?,14?/m0/s1. The Balaban J connectivity index is 1.63. The quantitative estimate of drug-likeness (QED) is 0.509. The van der Waals surface area contributed by atoms with Crippen LogP contribution < -0.4 is 0 Å². The summed E-state index contributed by atoms with van der Waals surface area (Å²) in [4.78, 5) is 0. The van der Waals surface area contributed by atoms with E-state index in [1.165, 1.54) is 25.7 Å². The van der Waals surface area contributed by atoms with E-state index in [4.69, 9.17) is 0 Å². The number of rotatable bonds is 0. The Morgan fingerprint density at radius 1 is 0.643 bits per heavy atom. The van der Waals surface area contributed by atoms with Gasteiger partial charge in [-0.3, -0.25) is 0 Å². The van der Waals surface area contributed by atoms with Gasteiger partial charge in [0.1, 0.15) is 0 Å². The van der Waals surface area contributed by atoms with Gasteiger partial charge in [-0.25, -0.2) is 0 Å². The van der Waals surface area contributed by atoms with E-state index in [1.807, 2.05) is 0 Å². The largest absolute Gasteiger partial charge is 0.0845 e. The van der Waals surface area contributed by atoms with Crippen molar-refractivity contribution in [2.45, 2.75) is 38.5 Å². The maximum absolute atomic E-state index is 2.58. The van der Waals surface area contributed by atoms with Gasteiger partial charge in [0.05, 0.1) is 0 Å². The highest BCUT2D eigenvalue weighted by atomic mass is 14.7. The highest BCUT2D eigenvalue weighted by Gasteiger charge is 2.66. The molecular weight excluding hydrogens is 168 g/mol. The lowest BCUT2D eigenvalue weighted by Gasteiger charge is -2.28. The summed E-state index contributed by atoms with van der Waals surface area (Å²) in [6.45, 7) is 0. The highest BCUT2D eigenvalue weighted by molar-refractivity contribution is 5.28. The Hall–Kier alpha value is -0.260. The summed E-state index contributed by atoms with van der Waals surface area (Å²) in [5, 5.41) is 0. The van der Waals surface area contributed by atoms with E-state index >= 15 is 0 Å². The lowest BCUT2D eigenvalue weighted by atomic mass is 9.77. The number of allylic oxidation sites excluding steroid dienone is 2. The van der Waals surface area contributed by atoms with Crippen LogP contribution in [0.25, 0.3) is 0 Å².